The van der Waals surface area contributed by atoms with Gasteiger partial charge in [-0.1, -0.05) is 74.7 Å². The third-order valence-corrected chi connectivity index (χ3v) is 1.38. The lowest BCUT2D eigenvalue weighted by Crippen LogP contribution is -2.15. The SMILES string of the molecule is CC.CC.CCC.CCCCCNCCC. The Bertz CT molecular complexity index is 47.4. The van der Waals surface area contributed by atoms with E-state index >= 15 is 0 Å². The standard InChI is InChI=1S/C8H19N.C3H8.2C2H6/c1-3-5-6-8-9-7-4-2;1-3-2;2*1-2/h9H,3-8H2,1-2H3;3H2,1-2H3;2*1-2H3. The van der Waals surface area contributed by atoms with Crippen molar-refractivity contribution in [3.05, 3.63) is 0 Å². The Hall–Kier alpha value is -0.0400. The van der Waals surface area contributed by atoms with E-state index in [0.29, 0.717) is 0 Å². The second-order valence-corrected chi connectivity index (χ2v) is 3.16. The summed E-state index contributed by atoms with van der Waals surface area (Å²) in [5, 5.41) is 3.37. The van der Waals surface area contributed by atoms with E-state index in [4.69, 9.17) is 0 Å². The highest BCUT2D eigenvalue weighted by Crippen LogP contribution is 1.90. The van der Waals surface area contributed by atoms with Gasteiger partial charge in [-0.05, 0) is 25.9 Å². The molecule has 0 unspecified atom stereocenters. The van der Waals surface area contributed by atoms with Gasteiger partial charge in [0.05, 0.1) is 0 Å². The Balaban J connectivity index is -0.0000000864. The fourth-order valence-corrected chi connectivity index (χ4v) is 0.802. The molecular weight excluding hydrogens is 194 g/mol. The summed E-state index contributed by atoms with van der Waals surface area (Å²) in [6.07, 6.45) is 6.55. The predicted molar refractivity (Wildman–Crippen MR) is 81.3 cm³/mol. The minimum Gasteiger partial charge on any atom is -0.317 e. The summed E-state index contributed by atoms with van der Waals surface area (Å²) < 4.78 is 0. The summed E-state index contributed by atoms with van der Waals surface area (Å²) in [7, 11) is 0. The number of unbranched alkanes of at least 4 members (excludes halogenated alkanes) is 2. The summed E-state index contributed by atoms with van der Waals surface area (Å²) in [6, 6.07) is 0. The van der Waals surface area contributed by atoms with E-state index in [1.807, 2.05) is 27.7 Å². The summed E-state index contributed by atoms with van der Waals surface area (Å²) in [6.45, 7) is 19.1. The smallest absolute Gasteiger partial charge is 0.00489 e. The van der Waals surface area contributed by atoms with Crippen LogP contribution in [0.4, 0.5) is 0 Å². The molecule has 0 aromatic rings. The lowest BCUT2D eigenvalue weighted by Gasteiger charge is -1.99. The molecule has 0 radical (unpaired) electrons. The van der Waals surface area contributed by atoms with Gasteiger partial charge in [0.15, 0.2) is 0 Å². The summed E-state index contributed by atoms with van der Waals surface area (Å²) >= 11 is 0. The maximum atomic E-state index is 3.37. The van der Waals surface area contributed by atoms with Crippen molar-refractivity contribution in [2.24, 2.45) is 0 Å². The van der Waals surface area contributed by atoms with Crippen molar-refractivity contribution in [2.45, 2.75) is 87.5 Å². The minimum absolute atomic E-state index is 1.18. The van der Waals surface area contributed by atoms with E-state index in [-0.39, 0.29) is 0 Å². The van der Waals surface area contributed by atoms with Crippen LogP contribution >= 0.6 is 0 Å². The van der Waals surface area contributed by atoms with Crippen LogP contribution in [-0.4, -0.2) is 13.1 Å². The van der Waals surface area contributed by atoms with Crippen LogP contribution < -0.4 is 5.32 Å². The molecule has 0 aliphatic heterocycles. The van der Waals surface area contributed by atoms with Crippen molar-refractivity contribution < 1.29 is 0 Å². The number of rotatable bonds is 6. The van der Waals surface area contributed by atoms with Gasteiger partial charge in [0.1, 0.15) is 0 Å². The molecule has 16 heavy (non-hydrogen) atoms. The Kier molecular flexibility index (Phi) is 71.8. The van der Waals surface area contributed by atoms with Gasteiger partial charge >= 0.3 is 0 Å². The molecule has 0 fully saturated rings. The molecule has 0 amide bonds. The molecule has 1 heteroatoms. The monoisotopic (exact) mass is 233 g/mol. The molecule has 0 atom stereocenters. The van der Waals surface area contributed by atoms with Crippen LogP contribution in [0.2, 0.25) is 0 Å². The van der Waals surface area contributed by atoms with Crippen LogP contribution in [0.1, 0.15) is 87.5 Å². The van der Waals surface area contributed by atoms with Crippen molar-refractivity contribution in [2.75, 3.05) is 13.1 Å². The summed E-state index contributed by atoms with van der Waals surface area (Å²) in [4.78, 5) is 0. The summed E-state index contributed by atoms with van der Waals surface area (Å²) in [5.74, 6) is 0. The Labute approximate surface area is 106 Å². The molecule has 0 bridgehead atoms. The normalized spacial score (nSPS) is 7.50. The molecule has 0 aromatic heterocycles. The van der Waals surface area contributed by atoms with E-state index in [1.54, 1.807) is 0 Å². The highest BCUT2D eigenvalue weighted by atomic mass is 14.8. The topological polar surface area (TPSA) is 12.0 Å². The third kappa shape index (κ3) is 66.0. The zero-order valence-electron chi connectivity index (χ0n) is 13.4. The van der Waals surface area contributed by atoms with Crippen LogP contribution in [0, 0.1) is 0 Å². The number of nitrogens with one attached hydrogen (secondary N) is 1. The maximum absolute atomic E-state index is 3.37. The first-order valence-corrected chi connectivity index (χ1v) is 7.54. The molecular formula is C15H39N. The summed E-state index contributed by atoms with van der Waals surface area (Å²) in [5.41, 5.74) is 0. The molecule has 0 aliphatic carbocycles. The first-order valence-electron chi connectivity index (χ1n) is 7.54. The van der Waals surface area contributed by atoms with Gasteiger partial charge in [-0.25, -0.2) is 0 Å². The molecule has 0 aliphatic rings. The van der Waals surface area contributed by atoms with Gasteiger partial charge in [0.2, 0.25) is 0 Å². The van der Waals surface area contributed by atoms with Crippen molar-refractivity contribution in [1.29, 1.82) is 0 Å². The molecule has 0 rings (SSSR count). The van der Waals surface area contributed by atoms with Crippen molar-refractivity contribution in [3.63, 3.8) is 0 Å². The van der Waals surface area contributed by atoms with Gasteiger partial charge in [0.25, 0.3) is 0 Å². The predicted octanol–water partition coefficient (Wildman–Crippen LogP) is 5.64. The van der Waals surface area contributed by atoms with E-state index in [1.165, 1.54) is 45.2 Å². The lowest BCUT2D eigenvalue weighted by atomic mass is 10.2. The molecule has 104 valence electrons. The second-order valence-electron chi connectivity index (χ2n) is 3.16. The molecule has 0 heterocycles. The van der Waals surface area contributed by atoms with Crippen LogP contribution in [0.25, 0.3) is 0 Å². The van der Waals surface area contributed by atoms with Gasteiger partial charge in [-0.3, -0.25) is 0 Å². The van der Waals surface area contributed by atoms with Crippen LogP contribution in [0.3, 0.4) is 0 Å². The fraction of sp³-hybridized carbons (Fsp3) is 1.00. The molecule has 1 N–H and O–H groups in total. The Morgan fingerprint density at radius 3 is 1.38 bits per heavy atom. The van der Waals surface area contributed by atoms with Crippen molar-refractivity contribution >= 4 is 0 Å². The van der Waals surface area contributed by atoms with Crippen LogP contribution in [-0.2, 0) is 0 Å². The number of hydrogen-bond acceptors (Lipinski definition) is 1. The lowest BCUT2D eigenvalue weighted by molar-refractivity contribution is 0.611. The largest absolute Gasteiger partial charge is 0.317 e. The Morgan fingerprint density at radius 1 is 0.625 bits per heavy atom. The zero-order chi connectivity index (χ0) is 13.7. The van der Waals surface area contributed by atoms with Gasteiger partial charge in [-0.2, -0.15) is 0 Å². The van der Waals surface area contributed by atoms with Gasteiger partial charge in [-0.15, -0.1) is 0 Å². The molecule has 0 spiro atoms. The molecule has 0 saturated carbocycles. The van der Waals surface area contributed by atoms with Gasteiger partial charge in [0, 0.05) is 0 Å². The second kappa shape index (κ2) is 46.0. The molecule has 1 nitrogen and oxygen atoms in total. The van der Waals surface area contributed by atoms with E-state index in [9.17, 15) is 0 Å². The maximum Gasteiger partial charge on any atom is -0.00489 e. The highest BCUT2D eigenvalue weighted by molar-refractivity contribution is 4.45. The van der Waals surface area contributed by atoms with Crippen molar-refractivity contribution in [1.82, 2.24) is 5.32 Å². The van der Waals surface area contributed by atoms with Crippen LogP contribution in [0.15, 0.2) is 0 Å². The van der Waals surface area contributed by atoms with E-state index in [0.717, 1.165) is 0 Å². The first-order chi connectivity index (χ1) is 7.83. The van der Waals surface area contributed by atoms with E-state index in [2.05, 4.69) is 33.0 Å². The zero-order valence-corrected chi connectivity index (χ0v) is 13.4. The van der Waals surface area contributed by atoms with Crippen molar-refractivity contribution in [3.8, 4) is 0 Å². The first kappa shape index (κ1) is 25.0. The number of hydrogen-bond donors (Lipinski definition) is 1. The molecule has 0 saturated heterocycles. The Morgan fingerprint density at radius 2 is 1.06 bits per heavy atom. The fourth-order valence-electron chi connectivity index (χ4n) is 0.802. The minimum atomic E-state index is 1.18. The van der Waals surface area contributed by atoms with Crippen LogP contribution in [0.5, 0.6) is 0 Å². The van der Waals surface area contributed by atoms with Gasteiger partial charge < -0.3 is 5.32 Å². The third-order valence-electron chi connectivity index (χ3n) is 1.38. The average Bonchev–Trinajstić information content (AvgIpc) is 2.35. The van der Waals surface area contributed by atoms with E-state index < -0.39 is 0 Å². The quantitative estimate of drug-likeness (QED) is 0.585. The average molecular weight is 233 g/mol. The highest BCUT2D eigenvalue weighted by Gasteiger charge is 1.83. The molecule has 0 aromatic carbocycles.